The molecule has 4 N–H and O–H groups in total. The molecule has 0 fully saturated rings. The van der Waals surface area contributed by atoms with Crippen LogP contribution in [0.15, 0.2) is 16.6 Å². The lowest BCUT2D eigenvalue weighted by atomic mass is 10.1. The number of hydrogen-bond acceptors (Lipinski definition) is 4. The molecular weight excluding hydrogens is 340 g/mol. The molecule has 1 aliphatic rings. The minimum atomic E-state index is -0.962. The number of ether oxygens (including phenoxy) is 1. The Kier molecular flexibility index (Phi) is 5.19. The van der Waals surface area contributed by atoms with Gasteiger partial charge in [-0.05, 0) is 24.1 Å². The van der Waals surface area contributed by atoms with Crippen LogP contribution in [-0.4, -0.2) is 29.6 Å². The predicted octanol–water partition coefficient (Wildman–Crippen LogP) is 1.19. The molecule has 1 atom stereocenters. The maximum absolute atomic E-state index is 11.8. The summed E-state index contributed by atoms with van der Waals surface area (Å²) in [5.41, 5.74) is 7.66. The van der Waals surface area contributed by atoms with Crippen LogP contribution < -0.4 is 15.8 Å². The Hall–Kier alpha value is -1.60. The summed E-state index contributed by atoms with van der Waals surface area (Å²) in [5.74, 6) is -0.503. The summed E-state index contributed by atoms with van der Waals surface area (Å²) in [7, 11) is 0. The van der Waals surface area contributed by atoms with E-state index in [1.54, 1.807) is 0 Å². The minimum absolute atomic E-state index is 0.119. The van der Waals surface area contributed by atoms with Gasteiger partial charge in [-0.3, -0.25) is 9.59 Å². The van der Waals surface area contributed by atoms with Gasteiger partial charge in [0.25, 0.3) is 0 Å². The lowest BCUT2D eigenvalue weighted by molar-refractivity contribution is -0.137. The van der Waals surface area contributed by atoms with Crippen molar-refractivity contribution in [2.24, 2.45) is 5.73 Å². The van der Waals surface area contributed by atoms with Crippen LogP contribution in [0, 0.1) is 0 Å². The van der Waals surface area contributed by atoms with Gasteiger partial charge in [0.2, 0.25) is 5.91 Å². The zero-order valence-electron chi connectivity index (χ0n) is 11.4. The van der Waals surface area contributed by atoms with E-state index < -0.39 is 12.0 Å². The van der Waals surface area contributed by atoms with E-state index in [9.17, 15) is 9.59 Å². The maximum atomic E-state index is 11.8. The van der Waals surface area contributed by atoms with Crippen LogP contribution in [0.1, 0.15) is 24.0 Å². The Labute approximate surface area is 130 Å². The van der Waals surface area contributed by atoms with Gasteiger partial charge in [0.1, 0.15) is 5.75 Å². The SMILES string of the molecule is NC(CCC(=O)O)C(=O)NCc1cc(Br)cc2c1OCC2. The number of carboxylic acid groups (broad SMARTS) is 1. The maximum Gasteiger partial charge on any atom is 0.303 e. The first kappa shape index (κ1) is 15.8. The molecule has 1 aromatic carbocycles. The normalized spacial score (nSPS) is 14.2. The Balaban J connectivity index is 1.94. The molecule has 1 aromatic rings. The van der Waals surface area contributed by atoms with Crippen LogP contribution in [0.25, 0.3) is 0 Å². The highest BCUT2D eigenvalue weighted by Crippen LogP contribution is 2.32. The predicted molar refractivity (Wildman–Crippen MR) is 80.0 cm³/mol. The fraction of sp³-hybridized carbons (Fsp3) is 0.429. The van der Waals surface area contributed by atoms with Crippen LogP contribution in [0.5, 0.6) is 5.75 Å². The van der Waals surface area contributed by atoms with Crippen molar-refractivity contribution in [1.82, 2.24) is 5.32 Å². The second-order valence-corrected chi connectivity index (χ2v) is 5.82. The van der Waals surface area contributed by atoms with Gasteiger partial charge in [0.15, 0.2) is 0 Å². The lowest BCUT2D eigenvalue weighted by Gasteiger charge is -2.13. The third-order valence-corrected chi connectivity index (χ3v) is 3.74. The highest BCUT2D eigenvalue weighted by Gasteiger charge is 2.19. The first-order chi connectivity index (χ1) is 9.97. The molecule has 0 saturated carbocycles. The Morgan fingerprint density at radius 1 is 1.48 bits per heavy atom. The first-order valence-electron chi connectivity index (χ1n) is 6.66. The average Bonchev–Trinajstić information content (AvgIpc) is 2.89. The molecule has 7 heteroatoms. The van der Waals surface area contributed by atoms with E-state index in [0.29, 0.717) is 13.2 Å². The molecule has 0 aromatic heterocycles. The fourth-order valence-corrected chi connectivity index (χ4v) is 2.75. The number of hydrogen-bond donors (Lipinski definition) is 3. The van der Waals surface area contributed by atoms with Crippen LogP contribution in [0.2, 0.25) is 0 Å². The van der Waals surface area contributed by atoms with Gasteiger partial charge in [-0.25, -0.2) is 0 Å². The highest BCUT2D eigenvalue weighted by atomic mass is 79.9. The van der Waals surface area contributed by atoms with E-state index in [0.717, 1.165) is 27.8 Å². The van der Waals surface area contributed by atoms with E-state index in [4.69, 9.17) is 15.6 Å². The Bertz CT molecular complexity index is 562. The largest absolute Gasteiger partial charge is 0.493 e. The van der Waals surface area contributed by atoms with E-state index in [1.807, 2.05) is 12.1 Å². The van der Waals surface area contributed by atoms with Crippen LogP contribution >= 0.6 is 15.9 Å². The fourth-order valence-electron chi connectivity index (χ4n) is 2.20. The van der Waals surface area contributed by atoms with Gasteiger partial charge in [-0.1, -0.05) is 15.9 Å². The zero-order chi connectivity index (χ0) is 15.4. The van der Waals surface area contributed by atoms with Crippen LogP contribution in [0.4, 0.5) is 0 Å². The van der Waals surface area contributed by atoms with Crippen molar-refractivity contribution >= 4 is 27.8 Å². The quantitative estimate of drug-likeness (QED) is 0.710. The molecule has 0 bridgehead atoms. The Morgan fingerprint density at radius 2 is 2.24 bits per heavy atom. The number of carboxylic acids is 1. The monoisotopic (exact) mass is 356 g/mol. The van der Waals surface area contributed by atoms with Crippen molar-refractivity contribution in [1.29, 1.82) is 0 Å². The third-order valence-electron chi connectivity index (χ3n) is 3.28. The number of carbonyl (C=O) groups is 2. The van der Waals surface area contributed by atoms with Crippen molar-refractivity contribution in [3.63, 3.8) is 0 Å². The first-order valence-corrected chi connectivity index (χ1v) is 7.46. The third kappa shape index (κ3) is 4.18. The molecule has 2 rings (SSSR count). The molecule has 1 aliphatic heterocycles. The number of carbonyl (C=O) groups excluding carboxylic acids is 1. The van der Waals surface area contributed by atoms with Gasteiger partial charge >= 0.3 is 5.97 Å². The summed E-state index contributed by atoms with van der Waals surface area (Å²) >= 11 is 3.43. The number of halogens is 1. The number of nitrogens with two attached hydrogens (primary N) is 1. The highest BCUT2D eigenvalue weighted by molar-refractivity contribution is 9.10. The van der Waals surface area contributed by atoms with Gasteiger partial charge in [-0.15, -0.1) is 0 Å². The number of benzene rings is 1. The van der Waals surface area contributed by atoms with Gasteiger partial charge in [-0.2, -0.15) is 0 Å². The van der Waals surface area contributed by atoms with Gasteiger partial charge in [0.05, 0.1) is 12.6 Å². The zero-order valence-corrected chi connectivity index (χ0v) is 13.0. The minimum Gasteiger partial charge on any atom is -0.493 e. The van der Waals surface area contributed by atoms with E-state index in [-0.39, 0.29) is 18.7 Å². The number of rotatable bonds is 6. The molecule has 0 radical (unpaired) electrons. The summed E-state index contributed by atoms with van der Waals surface area (Å²) in [4.78, 5) is 22.3. The number of amides is 1. The lowest BCUT2D eigenvalue weighted by Crippen LogP contribution is -2.40. The number of fused-ring (bicyclic) bond motifs is 1. The molecule has 0 aliphatic carbocycles. The molecule has 1 heterocycles. The molecule has 1 amide bonds. The van der Waals surface area contributed by atoms with Crippen molar-refractivity contribution < 1.29 is 19.4 Å². The molecule has 114 valence electrons. The molecular formula is C14H17BrN2O4. The second kappa shape index (κ2) is 6.91. The molecule has 1 unspecified atom stereocenters. The van der Waals surface area contributed by atoms with Crippen molar-refractivity contribution in [3.8, 4) is 5.75 Å². The summed E-state index contributed by atoms with van der Waals surface area (Å²) in [6.45, 7) is 0.951. The number of nitrogens with one attached hydrogen (secondary N) is 1. The summed E-state index contributed by atoms with van der Waals surface area (Å²) in [6.07, 6.45) is 0.853. The van der Waals surface area contributed by atoms with Gasteiger partial charge in [0, 0.05) is 29.4 Å². The standard InChI is InChI=1S/C14H17BrN2O4/c15-10-5-8-3-4-21-13(8)9(6-10)7-17-14(20)11(16)1-2-12(18)19/h5-6,11H,1-4,7,16H2,(H,17,20)(H,18,19). The topological polar surface area (TPSA) is 102 Å². The van der Waals surface area contributed by atoms with Crippen LogP contribution in [0.3, 0.4) is 0 Å². The second-order valence-electron chi connectivity index (χ2n) is 4.91. The molecule has 6 nitrogen and oxygen atoms in total. The molecule has 21 heavy (non-hydrogen) atoms. The summed E-state index contributed by atoms with van der Waals surface area (Å²) < 4.78 is 6.51. The Morgan fingerprint density at radius 3 is 2.95 bits per heavy atom. The number of aliphatic carboxylic acids is 1. The van der Waals surface area contributed by atoms with Crippen molar-refractivity contribution in [3.05, 3.63) is 27.7 Å². The molecule has 0 saturated heterocycles. The van der Waals surface area contributed by atoms with Crippen molar-refractivity contribution in [2.75, 3.05) is 6.61 Å². The summed E-state index contributed by atoms with van der Waals surface area (Å²) in [6, 6.07) is 3.08. The molecule has 0 spiro atoms. The summed E-state index contributed by atoms with van der Waals surface area (Å²) in [5, 5.41) is 11.3. The average molecular weight is 357 g/mol. The van der Waals surface area contributed by atoms with E-state index in [1.165, 1.54) is 0 Å². The van der Waals surface area contributed by atoms with Gasteiger partial charge < -0.3 is 20.9 Å². The van der Waals surface area contributed by atoms with E-state index in [2.05, 4.69) is 21.2 Å². The van der Waals surface area contributed by atoms with Crippen LogP contribution in [-0.2, 0) is 22.6 Å². The van der Waals surface area contributed by atoms with E-state index >= 15 is 0 Å². The smallest absolute Gasteiger partial charge is 0.303 e. The van der Waals surface area contributed by atoms with Crippen molar-refractivity contribution in [2.45, 2.75) is 31.8 Å².